The molecule has 2 aromatic heterocycles. The Kier molecular flexibility index (Phi) is 4.28. The summed E-state index contributed by atoms with van der Waals surface area (Å²) in [5, 5.41) is 15.8. The van der Waals surface area contributed by atoms with Crippen molar-refractivity contribution in [1.82, 2.24) is 10.5 Å². The van der Waals surface area contributed by atoms with Crippen LogP contribution in [0.4, 0.5) is 0 Å². The Bertz CT molecular complexity index is 636. The first-order valence-corrected chi connectivity index (χ1v) is 8.01. The maximum Gasteiger partial charge on any atom is 0.273 e. The summed E-state index contributed by atoms with van der Waals surface area (Å²) in [6.45, 7) is 0.0687. The normalized spacial score (nSPS) is 15.9. The fourth-order valence-corrected chi connectivity index (χ4v) is 3.24. The predicted molar refractivity (Wildman–Crippen MR) is 80.5 cm³/mol. The van der Waals surface area contributed by atoms with E-state index in [1.165, 1.54) is 11.3 Å². The zero-order chi connectivity index (χ0) is 14.8. The van der Waals surface area contributed by atoms with Crippen LogP contribution in [0.25, 0.3) is 10.6 Å². The van der Waals surface area contributed by atoms with Crippen molar-refractivity contribution in [2.24, 2.45) is 5.92 Å². The Morgan fingerprint density at radius 1 is 1.57 bits per heavy atom. The van der Waals surface area contributed by atoms with Crippen LogP contribution in [0.15, 0.2) is 22.7 Å². The molecule has 1 amide bonds. The molecule has 112 valence electrons. The number of nitrogens with zero attached hydrogens (tertiary/aromatic N) is 1. The molecule has 2 aromatic rings. The Hall–Kier alpha value is -1.37. The van der Waals surface area contributed by atoms with Gasteiger partial charge in [-0.3, -0.25) is 4.79 Å². The van der Waals surface area contributed by atoms with E-state index in [1.807, 2.05) is 6.07 Å². The van der Waals surface area contributed by atoms with E-state index in [0.717, 1.165) is 17.7 Å². The first kappa shape index (κ1) is 14.6. The molecule has 21 heavy (non-hydrogen) atoms. The van der Waals surface area contributed by atoms with Gasteiger partial charge in [-0.1, -0.05) is 16.8 Å². The largest absolute Gasteiger partial charge is 0.396 e. The van der Waals surface area contributed by atoms with Crippen LogP contribution in [0.5, 0.6) is 0 Å². The quantitative estimate of drug-likeness (QED) is 0.855. The van der Waals surface area contributed by atoms with Crippen molar-refractivity contribution in [3.63, 3.8) is 0 Å². The summed E-state index contributed by atoms with van der Waals surface area (Å²) < 4.78 is 5.85. The molecule has 0 spiro atoms. The fourth-order valence-electron chi connectivity index (χ4n) is 2.25. The average Bonchev–Trinajstić information content (AvgIpc) is 3.02. The van der Waals surface area contributed by atoms with Gasteiger partial charge in [0.05, 0.1) is 9.21 Å². The minimum Gasteiger partial charge on any atom is -0.396 e. The van der Waals surface area contributed by atoms with Crippen molar-refractivity contribution in [2.75, 3.05) is 6.61 Å². The third kappa shape index (κ3) is 3.45. The summed E-state index contributed by atoms with van der Waals surface area (Å²) in [5.41, 5.74) is 0.248. The number of aliphatic hydroxyl groups is 1. The number of thiophene rings is 1. The van der Waals surface area contributed by atoms with E-state index in [2.05, 4.69) is 10.5 Å². The van der Waals surface area contributed by atoms with E-state index in [4.69, 9.17) is 21.2 Å². The van der Waals surface area contributed by atoms with E-state index >= 15 is 0 Å². The summed E-state index contributed by atoms with van der Waals surface area (Å²) in [6.07, 6.45) is 2.77. The van der Waals surface area contributed by atoms with Crippen LogP contribution in [0.1, 0.15) is 29.8 Å². The summed E-state index contributed by atoms with van der Waals surface area (Å²) in [7, 11) is 0. The Balaban J connectivity index is 1.68. The lowest BCUT2D eigenvalue weighted by Crippen LogP contribution is -2.37. The summed E-state index contributed by atoms with van der Waals surface area (Å²) >= 11 is 7.25. The maximum atomic E-state index is 12.2. The molecule has 1 atom stereocenters. The number of halogens is 1. The van der Waals surface area contributed by atoms with E-state index in [9.17, 15) is 4.79 Å². The van der Waals surface area contributed by atoms with Crippen LogP contribution in [0, 0.1) is 5.92 Å². The highest BCUT2D eigenvalue weighted by atomic mass is 35.5. The minimum absolute atomic E-state index is 0.0128. The predicted octanol–water partition coefficient (Wildman–Crippen LogP) is 2.95. The van der Waals surface area contributed by atoms with Gasteiger partial charge in [-0.15, -0.1) is 11.3 Å². The standard InChI is InChI=1S/C14H15ClN2O3S/c15-13-4-3-12(21-13)11-7-10(17-20-11)14(19)16-9(5-6-18)8-1-2-8/h3-4,7-9,18H,1-2,5-6H2,(H,16,19). The van der Waals surface area contributed by atoms with Gasteiger partial charge in [0, 0.05) is 18.7 Å². The van der Waals surface area contributed by atoms with Crippen LogP contribution < -0.4 is 5.32 Å². The highest BCUT2D eigenvalue weighted by Gasteiger charge is 2.32. The molecule has 1 unspecified atom stereocenters. The second kappa shape index (κ2) is 6.17. The molecule has 0 aliphatic heterocycles. The lowest BCUT2D eigenvalue weighted by Gasteiger charge is -2.15. The average molecular weight is 327 g/mol. The van der Waals surface area contributed by atoms with Crippen LogP contribution in [-0.2, 0) is 0 Å². The molecule has 0 bridgehead atoms. The van der Waals surface area contributed by atoms with Crippen LogP contribution in [-0.4, -0.2) is 28.8 Å². The van der Waals surface area contributed by atoms with Crippen molar-refractivity contribution in [3.8, 4) is 10.6 Å². The molecular weight excluding hydrogens is 312 g/mol. The van der Waals surface area contributed by atoms with E-state index < -0.39 is 0 Å². The third-order valence-corrected chi connectivity index (χ3v) is 4.75. The molecule has 1 saturated carbocycles. The second-order valence-corrected chi connectivity index (χ2v) is 6.82. The highest BCUT2D eigenvalue weighted by molar-refractivity contribution is 7.19. The lowest BCUT2D eigenvalue weighted by molar-refractivity contribution is 0.0915. The van der Waals surface area contributed by atoms with Gasteiger partial charge in [0.1, 0.15) is 0 Å². The molecule has 0 aromatic carbocycles. The molecule has 2 N–H and O–H groups in total. The zero-order valence-corrected chi connectivity index (χ0v) is 12.8. The number of carbonyl (C=O) groups is 1. The van der Waals surface area contributed by atoms with Gasteiger partial charge in [0.2, 0.25) is 0 Å². The molecule has 3 rings (SSSR count). The van der Waals surface area contributed by atoms with Crippen molar-refractivity contribution >= 4 is 28.8 Å². The smallest absolute Gasteiger partial charge is 0.273 e. The van der Waals surface area contributed by atoms with E-state index in [0.29, 0.717) is 22.4 Å². The fraction of sp³-hybridized carbons (Fsp3) is 0.429. The summed E-state index contributed by atoms with van der Waals surface area (Å²) in [5.74, 6) is 0.740. The van der Waals surface area contributed by atoms with Gasteiger partial charge < -0.3 is 14.9 Å². The van der Waals surface area contributed by atoms with Gasteiger partial charge >= 0.3 is 0 Å². The number of aromatic nitrogens is 1. The topological polar surface area (TPSA) is 75.4 Å². The SMILES string of the molecule is O=C(NC(CCO)C1CC1)c1cc(-c2ccc(Cl)s2)on1. The number of aliphatic hydroxyl groups excluding tert-OH is 1. The van der Waals surface area contributed by atoms with Crippen molar-refractivity contribution < 1.29 is 14.4 Å². The second-order valence-electron chi connectivity index (χ2n) is 5.11. The minimum atomic E-state index is -0.266. The number of amides is 1. The molecule has 1 aliphatic rings. The lowest BCUT2D eigenvalue weighted by atomic mass is 10.1. The van der Waals surface area contributed by atoms with E-state index in [-0.39, 0.29) is 24.2 Å². The number of nitrogens with one attached hydrogen (secondary N) is 1. The Morgan fingerprint density at radius 3 is 3.00 bits per heavy atom. The molecule has 0 saturated heterocycles. The summed E-state index contributed by atoms with van der Waals surface area (Å²) in [4.78, 5) is 13.0. The summed E-state index contributed by atoms with van der Waals surface area (Å²) in [6, 6.07) is 5.22. The van der Waals surface area contributed by atoms with Crippen LogP contribution >= 0.6 is 22.9 Å². The Labute approximate surface area is 130 Å². The molecular formula is C14H15ClN2O3S. The van der Waals surface area contributed by atoms with Crippen molar-refractivity contribution in [3.05, 3.63) is 28.2 Å². The van der Waals surface area contributed by atoms with Crippen LogP contribution in [0.3, 0.4) is 0 Å². The monoisotopic (exact) mass is 326 g/mol. The molecule has 7 heteroatoms. The Morgan fingerprint density at radius 2 is 2.38 bits per heavy atom. The molecule has 1 aliphatic carbocycles. The number of hydrogen-bond acceptors (Lipinski definition) is 5. The van der Waals surface area contributed by atoms with Gasteiger partial charge in [0.15, 0.2) is 11.5 Å². The first-order valence-electron chi connectivity index (χ1n) is 6.81. The molecule has 2 heterocycles. The number of rotatable bonds is 6. The van der Waals surface area contributed by atoms with Crippen molar-refractivity contribution in [1.29, 1.82) is 0 Å². The van der Waals surface area contributed by atoms with E-state index in [1.54, 1.807) is 12.1 Å². The first-order chi connectivity index (χ1) is 10.2. The maximum absolute atomic E-state index is 12.2. The van der Waals surface area contributed by atoms with Gasteiger partial charge in [-0.2, -0.15) is 0 Å². The molecule has 5 nitrogen and oxygen atoms in total. The van der Waals surface area contributed by atoms with Crippen molar-refractivity contribution in [2.45, 2.75) is 25.3 Å². The van der Waals surface area contributed by atoms with Gasteiger partial charge in [0.25, 0.3) is 5.91 Å². The van der Waals surface area contributed by atoms with Gasteiger partial charge in [-0.25, -0.2) is 0 Å². The van der Waals surface area contributed by atoms with Gasteiger partial charge in [-0.05, 0) is 37.3 Å². The third-order valence-electron chi connectivity index (χ3n) is 3.51. The molecule has 0 radical (unpaired) electrons. The number of carbonyl (C=O) groups excluding carboxylic acids is 1. The molecule has 1 fully saturated rings. The highest BCUT2D eigenvalue weighted by Crippen LogP contribution is 2.34. The zero-order valence-electron chi connectivity index (χ0n) is 11.2. The van der Waals surface area contributed by atoms with Crippen LogP contribution in [0.2, 0.25) is 4.34 Å². The number of hydrogen-bond donors (Lipinski definition) is 2.